The van der Waals surface area contributed by atoms with Crippen LogP contribution >= 0.6 is 22.6 Å². The summed E-state index contributed by atoms with van der Waals surface area (Å²) in [5.41, 5.74) is 0.936. The highest BCUT2D eigenvalue weighted by atomic mass is 127. The normalized spacial score (nSPS) is 13.9. The monoisotopic (exact) mass is 389 g/mol. The smallest absolute Gasteiger partial charge is 0.404 e. The van der Waals surface area contributed by atoms with Crippen molar-refractivity contribution < 1.29 is 9.90 Å². The Bertz CT molecular complexity index is 460. The van der Waals surface area contributed by atoms with Crippen LogP contribution in [-0.2, 0) is 6.42 Å². The van der Waals surface area contributed by atoms with Crippen molar-refractivity contribution in [2.24, 2.45) is 10.8 Å². The van der Waals surface area contributed by atoms with Gasteiger partial charge in [-0.15, -0.1) is 0 Å². The van der Waals surface area contributed by atoms with Gasteiger partial charge in [-0.3, -0.25) is 0 Å². The summed E-state index contributed by atoms with van der Waals surface area (Å²) in [7, 11) is 0. The molecule has 0 saturated carbocycles. The number of carbonyl (C=O) groups is 1. The topological polar surface area (TPSA) is 49.3 Å². The van der Waals surface area contributed by atoms with E-state index < -0.39 is 6.09 Å². The van der Waals surface area contributed by atoms with Crippen LogP contribution in [0.25, 0.3) is 0 Å². The predicted octanol–water partition coefficient (Wildman–Crippen LogP) is 4.54. The number of benzene rings is 1. The van der Waals surface area contributed by atoms with Gasteiger partial charge >= 0.3 is 6.09 Å². The van der Waals surface area contributed by atoms with E-state index in [4.69, 9.17) is 5.11 Å². The van der Waals surface area contributed by atoms with Crippen LogP contribution in [0.15, 0.2) is 24.3 Å². The molecular weight excluding hydrogens is 365 g/mol. The van der Waals surface area contributed by atoms with E-state index >= 15 is 0 Å². The van der Waals surface area contributed by atoms with Gasteiger partial charge in [-0.1, -0.05) is 46.8 Å². The van der Waals surface area contributed by atoms with Crippen LogP contribution in [-0.4, -0.2) is 17.2 Å². The first-order chi connectivity index (χ1) is 9.02. The second-order valence-electron chi connectivity index (χ2n) is 7.04. The second kappa shape index (κ2) is 6.33. The Morgan fingerprint density at radius 1 is 1.20 bits per heavy atom. The summed E-state index contributed by atoms with van der Waals surface area (Å²) in [6, 6.07) is 8.28. The number of rotatable bonds is 4. The molecule has 1 aromatic carbocycles. The van der Waals surface area contributed by atoms with Crippen LogP contribution in [0.2, 0.25) is 0 Å². The van der Waals surface area contributed by atoms with E-state index in [2.05, 4.69) is 86.8 Å². The molecule has 1 amide bonds. The van der Waals surface area contributed by atoms with E-state index in [-0.39, 0.29) is 16.9 Å². The van der Waals surface area contributed by atoms with Gasteiger partial charge in [0.1, 0.15) is 0 Å². The van der Waals surface area contributed by atoms with E-state index in [0.717, 1.165) is 6.42 Å². The minimum Gasteiger partial charge on any atom is -0.465 e. The molecule has 0 aliphatic heterocycles. The molecule has 2 N–H and O–H groups in total. The van der Waals surface area contributed by atoms with Crippen molar-refractivity contribution >= 4 is 28.7 Å². The Balaban J connectivity index is 2.97. The Morgan fingerprint density at radius 3 is 2.10 bits per heavy atom. The fourth-order valence-electron chi connectivity index (χ4n) is 2.94. The Labute approximate surface area is 135 Å². The lowest BCUT2D eigenvalue weighted by atomic mass is 9.68. The highest BCUT2D eigenvalue weighted by Crippen LogP contribution is 2.36. The van der Waals surface area contributed by atoms with Gasteiger partial charge in [0, 0.05) is 9.61 Å². The summed E-state index contributed by atoms with van der Waals surface area (Å²) >= 11 is 2.29. The molecule has 0 radical (unpaired) electrons. The standard InChI is InChI=1S/C16H24INO2/c1-15(2,3)13(18-14(19)20)16(4,5)10-11-6-8-12(17)9-7-11/h6-9,13,18H,10H2,1-5H3,(H,19,20). The first-order valence-electron chi connectivity index (χ1n) is 6.76. The van der Waals surface area contributed by atoms with Gasteiger partial charge in [0.15, 0.2) is 0 Å². The molecular formula is C16H24INO2. The van der Waals surface area contributed by atoms with Crippen molar-refractivity contribution in [3.63, 3.8) is 0 Å². The lowest BCUT2D eigenvalue weighted by molar-refractivity contribution is 0.112. The minimum atomic E-state index is -0.958. The van der Waals surface area contributed by atoms with Crippen LogP contribution in [0.3, 0.4) is 0 Å². The van der Waals surface area contributed by atoms with E-state index in [1.165, 1.54) is 9.13 Å². The third-order valence-electron chi connectivity index (χ3n) is 3.49. The van der Waals surface area contributed by atoms with Gasteiger partial charge in [-0.05, 0) is 57.5 Å². The summed E-state index contributed by atoms with van der Waals surface area (Å²) in [6.45, 7) is 10.5. The molecule has 4 heteroatoms. The van der Waals surface area contributed by atoms with Gasteiger partial charge < -0.3 is 10.4 Å². The molecule has 0 aliphatic carbocycles. The van der Waals surface area contributed by atoms with Gasteiger partial charge in [-0.25, -0.2) is 4.79 Å². The SMILES string of the molecule is CC(C)(C)C(NC(=O)O)C(C)(C)Cc1ccc(I)cc1. The van der Waals surface area contributed by atoms with Crippen LogP contribution in [0.5, 0.6) is 0 Å². The van der Waals surface area contributed by atoms with Crippen LogP contribution in [0.4, 0.5) is 4.79 Å². The fourth-order valence-corrected chi connectivity index (χ4v) is 3.30. The van der Waals surface area contributed by atoms with Crippen molar-refractivity contribution in [1.29, 1.82) is 0 Å². The maximum Gasteiger partial charge on any atom is 0.404 e. The van der Waals surface area contributed by atoms with Crippen molar-refractivity contribution in [3.05, 3.63) is 33.4 Å². The number of hydrogen-bond acceptors (Lipinski definition) is 1. The van der Waals surface area contributed by atoms with Gasteiger partial charge in [-0.2, -0.15) is 0 Å². The van der Waals surface area contributed by atoms with Gasteiger partial charge in [0.2, 0.25) is 0 Å². The van der Waals surface area contributed by atoms with Crippen LogP contribution in [0, 0.1) is 14.4 Å². The zero-order valence-electron chi connectivity index (χ0n) is 12.8. The third kappa shape index (κ3) is 4.96. The van der Waals surface area contributed by atoms with Crippen molar-refractivity contribution in [1.82, 2.24) is 5.32 Å². The Morgan fingerprint density at radius 2 is 1.70 bits per heavy atom. The van der Waals surface area contributed by atoms with Gasteiger partial charge in [0.25, 0.3) is 0 Å². The summed E-state index contributed by atoms with van der Waals surface area (Å²) in [5, 5.41) is 11.8. The molecule has 0 spiro atoms. The number of hydrogen-bond donors (Lipinski definition) is 2. The molecule has 3 nitrogen and oxygen atoms in total. The highest BCUT2D eigenvalue weighted by Gasteiger charge is 2.39. The zero-order chi connectivity index (χ0) is 15.6. The predicted molar refractivity (Wildman–Crippen MR) is 91.0 cm³/mol. The molecule has 0 fully saturated rings. The van der Waals surface area contributed by atoms with Crippen molar-refractivity contribution in [3.8, 4) is 0 Å². The maximum atomic E-state index is 11.1. The van der Waals surface area contributed by atoms with Crippen LogP contribution in [0.1, 0.15) is 40.2 Å². The molecule has 1 atom stereocenters. The minimum absolute atomic E-state index is 0.119. The third-order valence-corrected chi connectivity index (χ3v) is 4.21. The summed E-state index contributed by atoms with van der Waals surface area (Å²) in [5.74, 6) is 0. The van der Waals surface area contributed by atoms with E-state index in [0.29, 0.717) is 0 Å². The lowest BCUT2D eigenvalue weighted by Crippen LogP contribution is -2.53. The number of carboxylic acid groups (broad SMARTS) is 1. The first kappa shape index (κ1) is 17.3. The summed E-state index contributed by atoms with van der Waals surface area (Å²) in [6.07, 6.45) is -0.118. The molecule has 0 saturated heterocycles. The molecule has 20 heavy (non-hydrogen) atoms. The highest BCUT2D eigenvalue weighted by molar-refractivity contribution is 14.1. The fraction of sp³-hybridized carbons (Fsp3) is 0.562. The van der Waals surface area contributed by atoms with Crippen molar-refractivity contribution in [2.45, 2.75) is 47.1 Å². The summed E-state index contributed by atoms with van der Waals surface area (Å²) in [4.78, 5) is 11.1. The molecule has 0 bridgehead atoms. The number of nitrogens with one attached hydrogen (secondary N) is 1. The van der Waals surface area contributed by atoms with Crippen molar-refractivity contribution in [2.75, 3.05) is 0 Å². The average molecular weight is 389 g/mol. The second-order valence-corrected chi connectivity index (χ2v) is 8.29. The van der Waals surface area contributed by atoms with Gasteiger partial charge in [0.05, 0.1) is 0 Å². The maximum absolute atomic E-state index is 11.1. The quantitative estimate of drug-likeness (QED) is 0.743. The molecule has 0 aromatic heterocycles. The molecule has 1 rings (SSSR count). The molecule has 0 heterocycles. The van der Waals surface area contributed by atoms with E-state index in [9.17, 15) is 4.79 Å². The van der Waals surface area contributed by atoms with Crippen LogP contribution < -0.4 is 5.32 Å². The lowest BCUT2D eigenvalue weighted by Gasteiger charge is -2.42. The largest absolute Gasteiger partial charge is 0.465 e. The molecule has 1 unspecified atom stereocenters. The number of amides is 1. The summed E-state index contributed by atoms with van der Waals surface area (Å²) < 4.78 is 1.21. The Hall–Kier alpha value is -0.780. The average Bonchev–Trinajstić information content (AvgIpc) is 2.27. The number of halogens is 1. The molecule has 112 valence electrons. The zero-order valence-corrected chi connectivity index (χ0v) is 15.0. The first-order valence-corrected chi connectivity index (χ1v) is 7.84. The molecule has 0 aliphatic rings. The molecule has 1 aromatic rings. The van der Waals surface area contributed by atoms with E-state index in [1.807, 2.05) is 0 Å². The van der Waals surface area contributed by atoms with E-state index in [1.54, 1.807) is 0 Å². The Kier molecular flexibility index (Phi) is 5.46.